The maximum atomic E-state index is 12.7. The minimum absolute atomic E-state index is 0.0302. The second kappa shape index (κ2) is 6.19. The smallest absolute Gasteiger partial charge is 0.330 e. The van der Waals surface area contributed by atoms with Crippen LogP contribution < -0.4 is 10.6 Å². The lowest BCUT2D eigenvalue weighted by molar-refractivity contribution is 0.447. The standard InChI is InChI=1S/C22H23N3O3/c1-2-24-9-8-14-17(24)4-3-5-18(14)25-19(12-23-22(25)28)16-10-15(13-6-7-13)20(26)11-21(16)27/h3-5,10-13,26-27H,2,6-9H2,1H3,(H,23,28). The van der Waals surface area contributed by atoms with Crippen molar-refractivity contribution in [2.24, 2.45) is 0 Å². The van der Waals surface area contributed by atoms with Crippen LogP contribution in [0, 0.1) is 0 Å². The van der Waals surface area contributed by atoms with Crippen molar-refractivity contribution in [1.82, 2.24) is 9.55 Å². The van der Waals surface area contributed by atoms with Crippen molar-refractivity contribution in [2.45, 2.75) is 32.1 Å². The molecule has 5 rings (SSSR count). The highest BCUT2D eigenvalue weighted by Crippen LogP contribution is 2.47. The molecule has 0 saturated heterocycles. The number of imidazole rings is 1. The van der Waals surface area contributed by atoms with Gasteiger partial charge in [-0.3, -0.25) is 4.57 Å². The number of aromatic nitrogens is 2. The molecule has 0 amide bonds. The van der Waals surface area contributed by atoms with Crippen molar-refractivity contribution >= 4 is 5.69 Å². The van der Waals surface area contributed by atoms with Gasteiger partial charge in [0.1, 0.15) is 11.5 Å². The number of anilines is 1. The molecule has 1 aliphatic carbocycles. The first-order chi connectivity index (χ1) is 13.6. The zero-order chi connectivity index (χ0) is 19.4. The number of benzene rings is 2. The molecule has 0 radical (unpaired) electrons. The predicted molar refractivity (Wildman–Crippen MR) is 109 cm³/mol. The monoisotopic (exact) mass is 377 g/mol. The van der Waals surface area contributed by atoms with E-state index in [0.29, 0.717) is 17.2 Å². The number of phenols is 2. The zero-order valence-electron chi connectivity index (χ0n) is 15.8. The quantitative estimate of drug-likeness (QED) is 0.650. The van der Waals surface area contributed by atoms with Crippen LogP contribution in [0.15, 0.2) is 41.3 Å². The lowest BCUT2D eigenvalue weighted by atomic mass is 10.0. The highest BCUT2D eigenvalue weighted by Gasteiger charge is 2.29. The van der Waals surface area contributed by atoms with E-state index < -0.39 is 0 Å². The van der Waals surface area contributed by atoms with Crippen LogP contribution in [0.5, 0.6) is 11.5 Å². The molecule has 144 valence electrons. The van der Waals surface area contributed by atoms with Gasteiger partial charge in [0.2, 0.25) is 0 Å². The Balaban J connectivity index is 1.70. The second-order valence-corrected chi connectivity index (χ2v) is 7.62. The number of nitrogens with one attached hydrogen (secondary N) is 1. The topological polar surface area (TPSA) is 81.5 Å². The molecule has 2 aromatic carbocycles. The lowest BCUT2D eigenvalue weighted by Crippen LogP contribution is -2.19. The van der Waals surface area contributed by atoms with E-state index in [1.807, 2.05) is 18.2 Å². The van der Waals surface area contributed by atoms with Gasteiger partial charge in [0.05, 0.1) is 11.4 Å². The van der Waals surface area contributed by atoms with E-state index in [4.69, 9.17) is 0 Å². The molecule has 3 N–H and O–H groups in total. The van der Waals surface area contributed by atoms with Crippen molar-refractivity contribution in [3.05, 3.63) is 58.1 Å². The largest absolute Gasteiger partial charge is 0.508 e. The fourth-order valence-corrected chi connectivity index (χ4v) is 4.35. The number of hydrogen-bond acceptors (Lipinski definition) is 4. The van der Waals surface area contributed by atoms with Crippen molar-refractivity contribution in [2.75, 3.05) is 18.0 Å². The van der Waals surface area contributed by atoms with Crippen LogP contribution in [0.2, 0.25) is 0 Å². The molecule has 1 aromatic heterocycles. The van der Waals surface area contributed by atoms with Crippen molar-refractivity contribution in [1.29, 1.82) is 0 Å². The van der Waals surface area contributed by atoms with E-state index in [9.17, 15) is 15.0 Å². The van der Waals surface area contributed by atoms with Crippen LogP contribution in [0.25, 0.3) is 16.9 Å². The van der Waals surface area contributed by atoms with Gasteiger partial charge in [-0.2, -0.15) is 0 Å². The van der Waals surface area contributed by atoms with Gasteiger partial charge < -0.3 is 20.1 Å². The summed E-state index contributed by atoms with van der Waals surface area (Å²) in [6.45, 7) is 3.99. The minimum atomic E-state index is -0.237. The number of nitrogens with zero attached hydrogens (tertiary/aromatic N) is 2. The molecule has 2 heterocycles. The highest BCUT2D eigenvalue weighted by molar-refractivity contribution is 5.74. The van der Waals surface area contributed by atoms with E-state index >= 15 is 0 Å². The van der Waals surface area contributed by atoms with Crippen LogP contribution in [-0.2, 0) is 6.42 Å². The van der Waals surface area contributed by atoms with Crippen molar-refractivity contribution in [3.63, 3.8) is 0 Å². The number of rotatable bonds is 4. The normalized spacial score (nSPS) is 15.8. The Morgan fingerprint density at radius 1 is 1.14 bits per heavy atom. The van der Waals surface area contributed by atoms with Crippen LogP contribution in [0.1, 0.15) is 36.8 Å². The summed E-state index contributed by atoms with van der Waals surface area (Å²) >= 11 is 0. The van der Waals surface area contributed by atoms with Crippen molar-refractivity contribution < 1.29 is 10.2 Å². The minimum Gasteiger partial charge on any atom is -0.508 e. The van der Waals surface area contributed by atoms with Crippen LogP contribution in [0.4, 0.5) is 5.69 Å². The maximum absolute atomic E-state index is 12.7. The summed E-state index contributed by atoms with van der Waals surface area (Å²) in [6, 6.07) is 9.23. The SMILES string of the molecule is CCN1CCc2c1cccc2-n1c(-c2cc(C3CC3)c(O)cc2O)c[nH]c1=O. The molecule has 2 aliphatic rings. The first-order valence-corrected chi connectivity index (χ1v) is 9.82. The number of hydrogen-bond donors (Lipinski definition) is 3. The number of phenolic OH excluding ortho intramolecular Hbond substituents is 2. The fourth-order valence-electron chi connectivity index (χ4n) is 4.35. The van der Waals surface area contributed by atoms with Gasteiger partial charge in [-0.25, -0.2) is 4.79 Å². The van der Waals surface area contributed by atoms with Gasteiger partial charge in [-0.15, -0.1) is 0 Å². The maximum Gasteiger partial charge on any atom is 0.330 e. The van der Waals surface area contributed by atoms with E-state index in [1.54, 1.807) is 10.8 Å². The fraction of sp³-hybridized carbons (Fsp3) is 0.318. The molecule has 1 aliphatic heterocycles. The van der Waals surface area contributed by atoms with E-state index in [2.05, 4.69) is 22.9 Å². The first-order valence-electron chi connectivity index (χ1n) is 9.82. The molecule has 0 spiro atoms. The number of aromatic amines is 1. The molecular formula is C22H23N3O3. The average molecular weight is 377 g/mol. The lowest BCUT2D eigenvalue weighted by Gasteiger charge is -2.18. The summed E-state index contributed by atoms with van der Waals surface area (Å²) in [5.41, 5.74) is 4.91. The number of H-pyrrole nitrogens is 1. The first kappa shape index (κ1) is 17.0. The molecular weight excluding hydrogens is 354 g/mol. The highest BCUT2D eigenvalue weighted by atomic mass is 16.3. The van der Waals surface area contributed by atoms with Crippen LogP contribution in [-0.4, -0.2) is 32.9 Å². The Morgan fingerprint density at radius 3 is 2.68 bits per heavy atom. The van der Waals surface area contributed by atoms with Gasteiger partial charge in [-0.1, -0.05) is 6.07 Å². The van der Waals surface area contributed by atoms with E-state index in [0.717, 1.165) is 54.9 Å². The Kier molecular flexibility index (Phi) is 3.75. The van der Waals surface area contributed by atoms with Crippen LogP contribution >= 0.6 is 0 Å². The summed E-state index contributed by atoms with van der Waals surface area (Å²) in [4.78, 5) is 17.8. The van der Waals surface area contributed by atoms with E-state index in [1.165, 1.54) is 6.07 Å². The number of aromatic hydroxyl groups is 2. The second-order valence-electron chi connectivity index (χ2n) is 7.62. The Bertz CT molecular complexity index is 1120. The Hall–Kier alpha value is -3.15. The molecule has 6 heteroatoms. The molecule has 28 heavy (non-hydrogen) atoms. The molecule has 0 unspecified atom stereocenters. The summed E-state index contributed by atoms with van der Waals surface area (Å²) < 4.78 is 1.64. The molecule has 0 bridgehead atoms. The Morgan fingerprint density at radius 2 is 1.93 bits per heavy atom. The van der Waals surface area contributed by atoms with Crippen molar-refractivity contribution in [3.8, 4) is 28.4 Å². The van der Waals surface area contributed by atoms with Gasteiger partial charge >= 0.3 is 5.69 Å². The summed E-state index contributed by atoms with van der Waals surface area (Å²) in [5.74, 6) is 0.419. The van der Waals surface area contributed by atoms with Gasteiger partial charge in [0, 0.05) is 42.2 Å². The molecule has 1 saturated carbocycles. The summed E-state index contributed by atoms with van der Waals surface area (Å²) in [6.07, 6.45) is 4.59. The number of fused-ring (bicyclic) bond motifs is 1. The third-order valence-electron chi connectivity index (χ3n) is 5.94. The van der Waals surface area contributed by atoms with E-state index in [-0.39, 0.29) is 17.2 Å². The third kappa shape index (κ3) is 2.52. The number of likely N-dealkylation sites (N-methyl/N-ethyl adjacent to an activating group) is 1. The molecule has 1 fully saturated rings. The van der Waals surface area contributed by atoms with Gasteiger partial charge in [0.15, 0.2) is 0 Å². The molecule has 3 aromatic rings. The predicted octanol–water partition coefficient (Wildman–Crippen LogP) is 3.50. The molecule has 0 atom stereocenters. The zero-order valence-corrected chi connectivity index (χ0v) is 15.8. The van der Waals surface area contributed by atoms with Gasteiger partial charge in [0.25, 0.3) is 0 Å². The van der Waals surface area contributed by atoms with Crippen LogP contribution in [0.3, 0.4) is 0 Å². The third-order valence-corrected chi connectivity index (χ3v) is 5.94. The summed E-state index contributed by atoms with van der Waals surface area (Å²) in [5, 5.41) is 20.7. The average Bonchev–Trinajstić information content (AvgIpc) is 3.32. The molecule has 6 nitrogen and oxygen atoms in total. The van der Waals surface area contributed by atoms with Gasteiger partial charge in [-0.05, 0) is 55.9 Å². The summed E-state index contributed by atoms with van der Waals surface area (Å²) in [7, 11) is 0. The Labute approximate surface area is 162 Å².